The Morgan fingerprint density at radius 3 is 3.07 bits per heavy atom. The molecule has 27 heavy (non-hydrogen) atoms. The van der Waals surface area contributed by atoms with E-state index in [2.05, 4.69) is 10.3 Å². The molecule has 1 saturated heterocycles. The van der Waals surface area contributed by atoms with Gasteiger partial charge in [0.25, 0.3) is 0 Å². The Hall–Kier alpha value is -2.06. The minimum atomic E-state index is -0.232. The van der Waals surface area contributed by atoms with Crippen molar-refractivity contribution in [2.75, 3.05) is 12.4 Å². The first kappa shape index (κ1) is 18.3. The van der Waals surface area contributed by atoms with E-state index in [4.69, 9.17) is 9.15 Å². The normalized spacial score (nSPS) is 18.6. The highest BCUT2D eigenvalue weighted by Gasteiger charge is 2.25. The van der Waals surface area contributed by atoms with Crippen molar-refractivity contribution in [2.45, 2.75) is 56.3 Å². The van der Waals surface area contributed by atoms with Crippen molar-refractivity contribution in [2.24, 2.45) is 0 Å². The van der Waals surface area contributed by atoms with Crippen LogP contribution in [0.2, 0.25) is 0 Å². The molecule has 0 bridgehead atoms. The number of aromatic nitrogens is 2. The number of nitrogens with one attached hydrogen (secondary N) is 1. The SMILES string of the molecule is O=C(CSc1nc(=O)n(CC2CCCO2)c2c1CCC2)NCc1ccco1. The van der Waals surface area contributed by atoms with Gasteiger partial charge in [0.05, 0.1) is 31.2 Å². The van der Waals surface area contributed by atoms with Gasteiger partial charge in [-0.1, -0.05) is 11.8 Å². The maximum absolute atomic E-state index is 12.6. The zero-order valence-electron chi connectivity index (χ0n) is 15.1. The van der Waals surface area contributed by atoms with Gasteiger partial charge in [0.15, 0.2) is 0 Å². The van der Waals surface area contributed by atoms with Gasteiger partial charge in [0.1, 0.15) is 10.8 Å². The summed E-state index contributed by atoms with van der Waals surface area (Å²) in [4.78, 5) is 29.0. The third-order valence-corrected chi connectivity index (χ3v) is 6.01. The number of fused-ring (bicyclic) bond motifs is 1. The lowest BCUT2D eigenvalue weighted by molar-refractivity contribution is -0.118. The average molecular weight is 389 g/mol. The lowest BCUT2D eigenvalue weighted by Gasteiger charge is -2.17. The van der Waals surface area contributed by atoms with Crippen LogP contribution in [-0.2, 0) is 35.5 Å². The topological polar surface area (TPSA) is 86.4 Å². The van der Waals surface area contributed by atoms with Crippen LogP contribution in [-0.4, -0.2) is 33.9 Å². The molecule has 3 heterocycles. The highest BCUT2D eigenvalue weighted by atomic mass is 32.2. The third kappa shape index (κ3) is 4.27. The predicted octanol–water partition coefficient (Wildman–Crippen LogP) is 1.91. The Labute approximate surface area is 161 Å². The second-order valence-electron chi connectivity index (χ2n) is 6.87. The van der Waals surface area contributed by atoms with Crippen LogP contribution in [0.5, 0.6) is 0 Å². The van der Waals surface area contributed by atoms with Gasteiger partial charge in [-0.3, -0.25) is 9.36 Å². The average Bonchev–Trinajstić information content (AvgIpc) is 3.42. The Bertz CT molecular complexity index is 857. The van der Waals surface area contributed by atoms with E-state index in [-0.39, 0.29) is 23.5 Å². The molecule has 2 aromatic heterocycles. The number of thioether (sulfide) groups is 1. The van der Waals surface area contributed by atoms with Gasteiger partial charge in [-0.05, 0) is 44.2 Å². The first-order valence-electron chi connectivity index (χ1n) is 9.37. The van der Waals surface area contributed by atoms with Gasteiger partial charge in [-0.2, -0.15) is 4.98 Å². The molecule has 8 heteroatoms. The summed E-state index contributed by atoms with van der Waals surface area (Å²) in [6.45, 7) is 1.72. The summed E-state index contributed by atoms with van der Waals surface area (Å²) in [5, 5.41) is 3.51. The second-order valence-corrected chi connectivity index (χ2v) is 7.83. The zero-order chi connectivity index (χ0) is 18.6. The van der Waals surface area contributed by atoms with Crippen LogP contribution < -0.4 is 11.0 Å². The molecule has 1 amide bonds. The highest BCUT2D eigenvalue weighted by Crippen LogP contribution is 2.29. The van der Waals surface area contributed by atoms with Gasteiger partial charge in [0.2, 0.25) is 5.91 Å². The van der Waals surface area contributed by atoms with Crippen LogP contribution >= 0.6 is 11.8 Å². The smallest absolute Gasteiger partial charge is 0.348 e. The number of furan rings is 1. The second kappa shape index (κ2) is 8.31. The van der Waals surface area contributed by atoms with E-state index in [1.807, 2.05) is 6.07 Å². The zero-order valence-corrected chi connectivity index (χ0v) is 15.9. The first-order chi connectivity index (χ1) is 13.2. The van der Waals surface area contributed by atoms with Crippen LogP contribution in [0, 0.1) is 0 Å². The van der Waals surface area contributed by atoms with E-state index in [1.165, 1.54) is 11.8 Å². The van der Waals surface area contributed by atoms with Crippen LogP contribution in [0.1, 0.15) is 36.3 Å². The maximum Gasteiger partial charge on any atom is 0.348 e. The largest absolute Gasteiger partial charge is 0.467 e. The van der Waals surface area contributed by atoms with E-state index in [9.17, 15) is 9.59 Å². The van der Waals surface area contributed by atoms with Crippen LogP contribution in [0.4, 0.5) is 0 Å². The minimum Gasteiger partial charge on any atom is -0.467 e. The molecular formula is C19H23N3O4S. The molecule has 2 aromatic rings. The summed E-state index contributed by atoms with van der Waals surface area (Å²) in [5.41, 5.74) is 1.96. The Morgan fingerprint density at radius 1 is 1.37 bits per heavy atom. The van der Waals surface area contributed by atoms with Crippen molar-refractivity contribution >= 4 is 17.7 Å². The summed E-state index contributed by atoms with van der Waals surface area (Å²) in [7, 11) is 0. The molecule has 2 aliphatic rings. The monoisotopic (exact) mass is 389 g/mol. The van der Waals surface area contributed by atoms with Crippen molar-refractivity contribution in [1.82, 2.24) is 14.9 Å². The molecule has 1 atom stereocenters. The van der Waals surface area contributed by atoms with E-state index < -0.39 is 0 Å². The summed E-state index contributed by atoms with van der Waals surface area (Å²) in [5.74, 6) is 0.840. The molecule has 0 radical (unpaired) electrons. The molecule has 1 aliphatic heterocycles. The van der Waals surface area contributed by atoms with Crippen LogP contribution in [0.15, 0.2) is 32.6 Å². The predicted molar refractivity (Wildman–Crippen MR) is 101 cm³/mol. The van der Waals surface area contributed by atoms with Gasteiger partial charge in [-0.15, -0.1) is 0 Å². The quantitative estimate of drug-likeness (QED) is 0.575. The summed E-state index contributed by atoms with van der Waals surface area (Å²) in [6, 6.07) is 3.60. The molecule has 1 aliphatic carbocycles. The molecule has 0 spiro atoms. The lowest BCUT2D eigenvalue weighted by atomic mass is 10.2. The lowest BCUT2D eigenvalue weighted by Crippen LogP contribution is -2.32. The number of carbonyl (C=O) groups excluding carboxylic acids is 1. The van der Waals surface area contributed by atoms with E-state index in [0.29, 0.717) is 23.9 Å². The number of hydrogen-bond donors (Lipinski definition) is 1. The summed E-state index contributed by atoms with van der Waals surface area (Å²) in [6.07, 6.45) is 6.55. The molecule has 0 aromatic carbocycles. The number of carbonyl (C=O) groups is 1. The number of rotatable bonds is 7. The molecule has 0 saturated carbocycles. The van der Waals surface area contributed by atoms with Crippen LogP contribution in [0.3, 0.4) is 0 Å². The fourth-order valence-corrected chi connectivity index (χ4v) is 4.58. The summed E-state index contributed by atoms with van der Waals surface area (Å²) < 4.78 is 12.7. The van der Waals surface area contributed by atoms with Crippen molar-refractivity contribution in [3.05, 3.63) is 45.9 Å². The number of amides is 1. The fraction of sp³-hybridized carbons (Fsp3) is 0.526. The molecule has 1 fully saturated rings. The van der Waals surface area contributed by atoms with E-state index in [0.717, 1.165) is 50.0 Å². The van der Waals surface area contributed by atoms with Crippen molar-refractivity contribution < 1.29 is 13.9 Å². The van der Waals surface area contributed by atoms with Gasteiger partial charge in [0, 0.05) is 17.9 Å². The maximum atomic E-state index is 12.6. The molecule has 4 rings (SSSR count). The van der Waals surface area contributed by atoms with Crippen molar-refractivity contribution in [3.63, 3.8) is 0 Å². The van der Waals surface area contributed by atoms with E-state index in [1.54, 1.807) is 16.9 Å². The number of hydrogen-bond acceptors (Lipinski definition) is 6. The number of nitrogens with zero attached hydrogens (tertiary/aromatic N) is 2. The molecular weight excluding hydrogens is 366 g/mol. The number of ether oxygens (including phenoxy) is 1. The third-order valence-electron chi connectivity index (χ3n) is 4.99. The summed E-state index contributed by atoms with van der Waals surface area (Å²) >= 11 is 1.34. The Morgan fingerprint density at radius 2 is 2.30 bits per heavy atom. The molecule has 1 N–H and O–H groups in total. The first-order valence-corrected chi connectivity index (χ1v) is 10.4. The highest BCUT2D eigenvalue weighted by molar-refractivity contribution is 7.99. The molecule has 144 valence electrons. The Balaban J connectivity index is 1.42. The van der Waals surface area contributed by atoms with E-state index >= 15 is 0 Å². The van der Waals surface area contributed by atoms with Gasteiger partial charge < -0.3 is 14.5 Å². The van der Waals surface area contributed by atoms with Crippen molar-refractivity contribution in [1.29, 1.82) is 0 Å². The molecule has 1 unspecified atom stereocenters. The van der Waals surface area contributed by atoms with Gasteiger partial charge in [-0.25, -0.2) is 4.79 Å². The fourth-order valence-electron chi connectivity index (χ4n) is 3.67. The van der Waals surface area contributed by atoms with Crippen molar-refractivity contribution in [3.8, 4) is 0 Å². The van der Waals surface area contributed by atoms with Crippen LogP contribution in [0.25, 0.3) is 0 Å². The Kier molecular flexibility index (Phi) is 5.63. The molecule has 7 nitrogen and oxygen atoms in total. The van der Waals surface area contributed by atoms with Gasteiger partial charge >= 0.3 is 5.69 Å². The minimum absolute atomic E-state index is 0.103. The standard InChI is InChI=1S/C19H23N3O4S/c23-17(20-10-13-4-2-8-25-13)12-27-18-15-6-1-7-16(15)22(19(24)21-18)11-14-5-3-9-26-14/h2,4,8,14H,1,3,5-7,9-12H2,(H,20,23).